The summed E-state index contributed by atoms with van der Waals surface area (Å²) in [6, 6.07) is 0. The number of anilines is 1. The Kier molecular flexibility index (Phi) is 4.90. The van der Waals surface area contributed by atoms with E-state index in [0.29, 0.717) is 24.6 Å². The summed E-state index contributed by atoms with van der Waals surface area (Å²) in [6.07, 6.45) is 2.54. The van der Waals surface area contributed by atoms with Crippen LogP contribution in [0.2, 0.25) is 0 Å². The number of allylic oxidation sites excluding steroid dienone is 1. The van der Waals surface area contributed by atoms with Gasteiger partial charge in [0.15, 0.2) is 5.84 Å². The van der Waals surface area contributed by atoms with Gasteiger partial charge in [-0.05, 0) is 33.1 Å². The second kappa shape index (κ2) is 7.34. The van der Waals surface area contributed by atoms with Gasteiger partial charge in [-0.15, -0.1) is 5.10 Å². The predicted molar refractivity (Wildman–Crippen MR) is 98.9 cm³/mol. The number of hydrazine groups is 1. The lowest BCUT2D eigenvalue weighted by Crippen LogP contribution is -2.42. The highest BCUT2D eigenvalue weighted by Gasteiger charge is 2.29. The van der Waals surface area contributed by atoms with E-state index in [1.807, 2.05) is 18.9 Å². The summed E-state index contributed by atoms with van der Waals surface area (Å²) in [5.74, 6) is 1.96. The van der Waals surface area contributed by atoms with Crippen molar-refractivity contribution < 1.29 is 8.78 Å². The Labute approximate surface area is 156 Å². The Morgan fingerprint density at radius 3 is 2.74 bits per heavy atom. The third-order valence-electron chi connectivity index (χ3n) is 4.97. The molecule has 10 heteroatoms. The summed E-state index contributed by atoms with van der Waals surface area (Å²) in [4.78, 5) is 15.6. The number of halogens is 2. The van der Waals surface area contributed by atoms with Gasteiger partial charge in [0.1, 0.15) is 18.5 Å². The van der Waals surface area contributed by atoms with E-state index in [4.69, 9.17) is 0 Å². The molecule has 27 heavy (non-hydrogen) atoms. The van der Waals surface area contributed by atoms with Crippen LogP contribution in [-0.2, 0) is 13.0 Å². The molecule has 0 aliphatic carbocycles. The largest absolute Gasteiger partial charge is 0.340 e. The average Bonchev–Trinajstić information content (AvgIpc) is 3.35. The highest BCUT2D eigenvalue weighted by molar-refractivity contribution is 6.41. The highest BCUT2D eigenvalue weighted by Crippen LogP contribution is 2.21. The average molecular weight is 378 g/mol. The zero-order chi connectivity index (χ0) is 19.0. The van der Waals surface area contributed by atoms with E-state index in [1.165, 1.54) is 4.68 Å². The van der Waals surface area contributed by atoms with E-state index in [0.717, 1.165) is 43.2 Å². The van der Waals surface area contributed by atoms with Crippen molar-refractivity contribution >= 4 is 17.5 Å². The van der Waals surface area contributed by atoms with Crippen LogP contribution in [0.1, 0.15) is 38.9 Å². The molecule has 1 aromatic rings. The minimum absolute atomic E-state index is 0.140. The van der Waals surface area contributed by atoms with Crippen molar-refractivity contribution in [1.82, 2.24) is 25.2 Å². The third-order valence-corrected chi connectivity index (χ3v) is 4.97. The fourth-order valence-electron chi connectivity index (χ4n) is 3.54. The fourth-order valence-corrected chi connectivity index (χ4v) is 3.54. The monoisotopic (exact) mass is 378 g/mol. The predicted octanol–water partition coefficient (Wildman–Crippen LogP) is 1.96. The van der Waals surface area contributed by atoms with Gasteiger partial charge >= 0.3 is 0 Å². The molecule has 1 N–H and O–H groups in total. The number of aryl methyl sites for hydroxylation is 1. The van der Waals surface area contributed by atoms with Crippen LogP contribution in [-0.4, -0.2) is 57.0 Å². The number of nitrogens with zero attached hydrogens (tertiary/aromatic N) is 7. The van der Waals surface area contributed by atoms with Crippen LogP contribution in [0.5, 0.6) is 0 Å². The number of hydrogen-bond acceptors (Lipinski definition) is 7. The number of amidine groups is 1. The minimum Gasteiger partial charge on any atom is -0.340 e. The van der Waals surface area contributed by atoms with Crippen molar-refractivity contribution in [3.8, 4) is 0 Å². The Bertz CT molecular complexity index is 791. The van der Waals surface area contributed by atoms with Gasteiger partial charge in [0, 0.05) is 25.7 Å². The Hall–Kier alpha value is -2.36. The van der Waals surface area contributed by atoms with Crippen LogP contribution >= 0.6 is 0 Å². The number of alkyl halides is 2. The van der Waals surface area contributed by atoms with Crippen molar-refractivity contribution in [2.45, 2.75) is 58.7 Å². The summed E-state index contributed by atoms with van der Waals surface area (Å²) in [5.41, 5.74) is 5.16. The van der Waals surface area contributed by atoms with Gasteiger partial charge in [0.05, 0.1) is 11.4 Å². The smallest absolute Gasteiger partial charge is 0.257 e. The van der Waals surface area contributed by atoms with Gasteiger partial charge in [-0.1, -0.05) is 0 Å². The number of hydrogen-bond donors (Lipinski definition) is 1. The van der Waals surface area contributed by atoms with E-state index >= 15 is 0 Å². The Balaban J connectivity index is 1.46. The maximum absolute atomic E-state index is 13.0. The molecule has 1 saturated heterocycles. The first-order valence-electron chi connectivity index (χ1n) is 9.33. The van der Waals surface area contributed by atoms with Gasteiger partial charge in [0.25, 0.3) is 6.43 Å². The summed E-state index contributed by atoms with van der Waals surface area (Å²) >= 11 is 0. The molecule has 4 heterocycles. The Morgan fingerprint density at radius 2 is 2.04 bits per heavy atom. The SMILES string of the molecule is CC1=CN=C(C)C2=NC(CCc3nc(N4CCCC4)nn3CC(F)F)NN12. The second-order valence-corrected chi connectivity index (χ2v) is 7.05. The number of rotatable bonds is 6. The van der Waals surface area contributed by atoms with Crippen molar-refractivity contribution in [3.63, 3.8) is 0 Å². The maximum Gasteiger partial charge on any atom is 0.257 e. The van der Waals surface area contributed by atoms with Crippen molar-refractivity contribution in [2.24, 2.45) is 9.98 Å². The second-order valence-electron chi connectivity index (χ2n) is 7.05. The molecular formula is C17H24F2N8. The normalized spacial score (nSPS) is 22.3. The third kappa shape index (κ3) is 3.71. The van der Waals surface area contributed by atoms with E-state index < -0.39 is 13.0 Å². The van der Waals surface area contributed by atoms with Gasteiger partial charge in [0.2, 0.25) is 5.95 Å². The van der Waals surface area contributed by atoms with E-state index in [-0.39, 0.29) is 6.17 Å². The molecule has 146 valence electrons. The van der Waals surface area contributed by atoms with Gasteiger partial charge < -0.3 is 4.90 Å². The molecule has 0 aromatic carbocycles. The molecule has 0 amide bonds. The van der Waals surface area contributed by atoms with Crippen LogP contribution < -0.4 is 10.3 Å². The van der Waals surface area contributed by atoms with Crippen LogP contribution in [0.4, 0.5) is 14.7 Å². The molecule has 1 unspecified atom stereocenters. The maximum atomic E-state index is 13.0. The van der Waals surface area contributed by atoms with Gasteiger partial charge in [-0.3, -0.25) is 10.0 Å². The molecule has 4 rings (SSSR count). The zero-order valence-electron chi connectivity index (χ0n) is 15.6. The molecule has 1 atom stereocenters. The van der Waals surface area contributed by atoms with Crippen LogP contribution in [0.15, 0.2) is 21.9 Å². The Morgan fingerprint density at radius 1 is 1.26 bits per heavy atom. The minimum atomic E-state index is -2.46. The van der Waals surface area contributed by atoms with Crippen LogP contribution in [0.25, 0.3) is 0 Å². The summed E-state index contributed by atoms with van der Waals surface area (Å²) in [6.45, 7) is 5.22. The standard InChI is InChI=1S/C17H24F2N8/c1-11-9-20-12(2)16-21-14(23-27(11)16)5-6-15-22-17(25-7-3-4-8-25)24-26(15)10-13(18)19/h9,13-14,23H,3-8,10H2,1-2H3. The first-order valence-corrected chi connectivity index (χ1v) is 9.33. The lowest BCUT2D eigenvalue weighted by molar-refractivity contribution is 0.120. The van der Waals surface area contributed by atoms with Gasteiger partial charge in [-0.25, -0.2) is 23.9 Å². The van der Waals surface area contributed by atoms with Crippen LogP contribution in [0, 0.1) is 0 Å². The summed E-state index contributed by atoms with van der Waals surface area (Å²) in [5, 5.41) is 6.25. The summed E-state index contributed by atoms with van der Waals surface area (Å²) in [7, 11) is 0. The van der Waals surface area contributed by atoms with E-state index in [2.05, 4.69) is 30.4 Å². The lowest BCUT2D eigenvalue weighted by atomic mass is 10.2. The molecule has 1 aromatic heterocycles. The molecule has 8 nitrogen and oxygen atoms in total. The summed E-state index contributed by atoms with van der Waals surface area (Å²) < 4.78 is 27.3. The molecular weight excluding hydrogens is 354 g/mol. The first-order chi connectivity index (χ1) is 13.0. The number of aromatic nitrogens is 3. The van der Waals surface area contributed by atoms with Crippen molar-refractivity contribution in [3.05, 3.63) is 17.7 Å². The lowest BCUT2D eigenvalue weighted by Gasteiger charge is -2.24. The topological polar surface area (TPSA) is 73.9 Å². The first kappa shape index (κ1) is 18.0. The zero-order valence-corrected chi connectivity index (χ0v) is 15.6. The fraction of sp³-hybridized carbons (Fsp3) is 0.647. The van der Waals surface area contributed by atoms with Gasteiger partial charge in [-0.2, -0.15) is 4.98 Å². The van der Waals surface area contributed by atoms with E-state index in [9.17, 15) is 8.78 Å². The van der Waals surface area contributed by atoms with Crippen molar-refractivity contribution in [1.29, 1.82) is 0 Å². The number of aliphatic imine (C=N–C) groups is 2. The molecule has 0 radical (unpaired) electrons. The molecule has 3 aliphatic heterocycles. The highest BCUT2D eigenvalue weighted by atomic mass is 19.3. The van der Waals surface area contributed by atoms with Crippen molar-refractivity contribution in [2.75, 3.05) is 18.0 Å². The van der Waals surface area contributed by atoms with E-state index in [1.54, 1.807) is 6.20 Å². The number of nitrogens with one attached hydrogen (secondary N) is 1. The number of fused-ring (bicyclic) bond motifs is 1. The molecule has 0 bridgehead atoms. The quantitative estimate of drug-likeness (QED) is 0.819. The molecule has 3 aliphatic rings. The van der Waals surface area contributed by atoms with Crippen LogP contribution in [0.3, 0.4) is 0 Å². The molecule has 0 spiro atoms. The molecule has 0 saturated carbocycles. The molecule has 1 fully saturated rings.